The number of rotatable bonds is 21. The molecule has 0 fully saturated rings. The topological polar surface area (TPSA) is 234 Å². The van der Waals surface area contributed by atoms with Crippen molar-refractivity contribution in [1.82, 2.24) is 39.5 Å². The molecular weight excluding hydrogens is 1140 g/mol. The predicted molar refractivity (Wildman–Crippen MR) is 342 cm³/mol. The third-order valence-corrected chi connectivity index (χ3v) is 25.2. The number of urea groups is 2. The molecule has 87 heavy (non-hydrogen) atoms. The SMILES string of the molecule is CCN(CC)C(=O)NCCC[Si](C)(C)CCc1c2c(nc3ccccc13)-c1cc3c(c(=O)n1C2)COC(=O)[C@@]3(CC)OC(C)=O.CCN(CC)C(=O)NCCC[Si](C)(C)CCc1c2c(nc3ccccc13)-c1cc3c(c(=O)n1C2)COC(=O)[C@]3(O)CC. The van der Waals surface area contributed by atoms with Crippen LogP contribution in [0.15, 0.2) is 70.3 Å². The lowest BCUT2D eigenvalue weighted by molar-refractivity contribution is -0.188. The van der Waals surface area contributed by atoms with Crippen LogP contribution in [0.2, 0.25) is 50.4 Å². The number of nitrogens with zero attached hydrogens (tertiary/aromatic N) is 6. The van der Waals surface area contributed by atoms with Crippen LogP contribution >= 0.6 is 0 Å². The summed E-state index contributed by atoms with van der Waals surface area (Å²) in [6, 6.07) is 24.1. The van der Waals surface area contributed by atoms with Crippen molar-refractivity contribution in [2.45, 2.75) is 175 Å². The first-order valence-corrected chi connectivity index (χ1v) is 38.0. The number of amides is 4. The van der Waals surface area contributed by atoms with Gasteiger partial charge in [0.05, 0.1) is 58.0 Å². The average Bonchev–Trinajstić information content (AvgIpc) is 1.98. The lowest BCUT2D eigenvalue weighted by Gasteiger charge is -2.35. The zero-order chi connectivity index (χ0) is 62.8. The molecule has 464 valence electrons. The fourth-order valence-electron chi connectivity index (χ4n) is 13.1. The number of aryl methyl sites for hydroxylation is 2. The quantitative estimate of drug-likeness (QED) is 0.0263. The summed E-state index contributed by atoms with van der Waals surface area (Å²) in [5.74, 6) is -2.00. The van der Waals surface area contributed by atoms with E-state index in [0.717, 1.165) is 94.2 Å². The molecule has 0 saturated carbocycles. The molecule has 21 heteroatoms. The van der Waals surface area contributed by atoms with Gasteiger partial charge in [0.15, 0.2) is 5.60 Å². The summed E-state index contributed by atoms with van der Waals surface area (Å²) in [5, 5.41) is 19.5. The average molecular weight is 1220 g/mol. The van der Waals surface area contributed by atoms with E-state index in [2.05, 4.69) is 49.0 Å². The van der Waals surface area contributed by atoms with E-state index in [1.165, 1.54) is 18.1 Å². The smallest absolute Gasteiger partial charge is 0.355 e. The number of nitrogens with one attached hydrogen (secondary N) is 2. The van der Waals surface area contributed by atoms with Crippen molar-refractivity contribution < 1.29 is 43.3 Å². The number of hydrogen-bond donors (Lipinski definition) is 3. The van der Waals surface area contributed by atoms with E-state index in [1.807, 2.05) is 70.2 Å². The highest BCUT2D eigenvalue weighted by atomic mass is 28.3. The molecule has 4 aromatic heterocycles. The molecule has 2 aromatic carbocycles. The number of carbonyl (C=O) groups is 5. The van der Waals surface area contributed by atoms with E-state index >= 15 is 0 Å². The lowest BCUT2D eigenvalue weighted by atomic mass is 9.85. The molecule has 0 bridgehead atoms. The number of ether oxygens (including phenoxy) is 3. The van der Waals surface area contributed by atoms with Gasteiger partial charge in [0, 0.05) is 95.4 Å². The number of benzene rings is 2. The maximum Gasteiger partial charge on any atom is 0.355 e. The Labute approximate surface area is 511 Å². The van der Waals surface area contributed by atoms with Crippen LogP contribution in [-0.4, -0.2) is 119 Å². The monoisotopic (exact) mass is 1220 g/mol. The minimum Gasteiger partial charge on any atom is -0.458 e. The van der Waals surface area contributed by atoms with E-state index in [9.17, 15) is 38.7 Å². The molecule has 4 amide bonds. The summed E-state index contributed by atoms with van der Waals surface area (Å²) in [6.45, 7) is 26.9. The molecular formula is C66H86N8O11Si2. The second-order valence-corrected chi connectivity index (χ2v) is 35.6. The standard InChI is InChI=1S/C34H44N4O6Si.C32H42N4O5Si/c1-7-34(44-22(4)39)27-19-29-30-25(20-38(29)31(40)26(27)21-43-32(34)41)23(24-13-10-11-14-28(24)36-30)15-18-45(5,6)17-12-16-35-33(42)37(8-2)9-3;1-6-32(40)25-18-27-28-23(19-36(27)29(37)24(25)20-41-30(32)38)21(22-12-9-10-13-26(22)34-28)14-17-42(4,5)16-11-15-33-31(39)35(7-2)8-3/h10-11,13-14,19H,7-9,12,15-18,20-21H2,1-6H3,(H,35,42);9-10,12-13,18,40H,6-8,11,14-17,19-20H2,1-5H3,(H,33,39)/t34-;32-/m00/s1. The van der Waals surface area contributed by atoms with Crippen molar-refractivity contribution in [3.8, 4) is 22.8 Å². The maximum absolute atomic E-state index is 13.9. The molecule has 4 aliphatic heterocycles. The molecule has 0 aliphatic carbocycles. The number of esters is 3. The van der Waals surface area contributed by atoms with E-state index in [0.29, 0.717) is 86.0 Å². The molecule has 0 spiro atoms. The van der Waals surface area contributed by atoms with Crippen LogP contribution < -0.4 is 21.8 Å². The Kier molecular flexibility index (Phi) is 19.2. The van der Waals surface area contributed by atoms with Crippen LogP contribution in [0.3, 0.4) is 0 Å². The van der Waals surface area contributed by atoms with Crippen molar-refractivity contribution in [2.24, 2.45) is 0 Å². The van der Waals surface area contributed by atoms with E-state index in [1.54, 1.807) is 38.8 Å². The van der Waals surface area contributed by atoms with Gasteiger partial charge >= 0.3 is 30.0 Å². The van der Waals surface area contributed by atoms with Gasteiger partial charge in [-0.2, -0.15) is 0 Å². The number of pyridine rings is 4. The maximum atomic E-state index is 13.9. The van der Waals surface area contributed by atoms with Crippen molar-refractivity contribution in [2.75, 3.05) is 39.3 Å². The summed E-state index contributed by atoms with van der Waals surface area (Å²) >= 11 is 0. The van der Waals surface area contributed by atoms with Crippen LogP contribution in [0, 0.1) is 0 Å². The molecule has 8 heterocycles. The number of aliphatic hydroxyl groups is 1. The number of cyclic esters (lactones) is 2. The van der Waals surface area contributed by atoms with Crippen LogP contribution in [0.4, 0.5) is 9.59 Å². The zero-order valence-corrected chi connectivity index (χ0v) is 54.6. The van der Waals surface area contributed by atoms with E-state index in [-0.39, 0.29) is 49.2 Å². The van der Waals surface area contributed by atoms with Gasteiger partial charge < -0.3 is 48.9 Å². The highest BCUT2D eigenvalue weighted by Crippen LogP contribution is 2.44. The van der Waals surface area contributed by atoms with Crippen molar-refractivity contribution in [1.29, 1.82) is 0 Å². The van der Waals surface area contributed by atoms with Gasteiger partial charge in [-0.1, -0.05) is 101 Å². The Bertz CT molecular complexity index is 3800. The number of aromatic nitrogens is 4. The van der Waals surface area contributed by atoms with Gasteiger partial charge in [-0.15, -0.1) is 0 Å². The summed E-state index contributed by atoms with van der Waals surface area (Å²) in [6.07, 6.45) is 3.88. The second-order valence-electron chi connectivity index (χ2n) is 25.0. The number of para-hydroxylation sites is 2. The molecule has 6 aromatic rings. The van der Waals surface area contributed by atoms with Gasteiger partial charge in [-0.25, -0.2) is 29.1 Å². The number of carbonyl (C=O) groups excluding carboxylic acids is 5. The summed E-state index contributed by atoms with van der Waals surface area (Å²) in [7, 11) is -3.24. The third kappa shape index (κ3) is 12.5. The van der Waals surface area contributed by atoms with Crippen molar-refractivity contribution >= 4 is 67.9 Å². The molecule has 3 N–H and O–H groups in total. The van der Waals surface area contributed by atoms with Crippen molar-refractivity contribution in [3.63, 3.8) is 0 Å². The lowest BCUT2D eigenvalue weighted by Crippen LogP contribution is -2.47. The summed E-state index contributed by atoms with van der Waals surface area (Å²) < 4.78 is 19.7. The fourth-order valence-corrected chi connectivity index (χ4v) is 17.8. The first-order chi connectivity index (χ1) is 41.5. The fraction of sp³-hybridized carbons (Fsp3) is 0.500. The number of fused-ring (bicyclic) bond motifs is 10. The Hall–Kier alpha value is -7.50. The summed E-state index contributed by atoms with van der Waals surface area (Å²) in [4.78, 5) is 104. The summed E-state index contributed by atoms with van der Waals surface area (Å²) in [5.41, 5.74) is 6.32. The third-order valence-electron chi connectivity index (χ3n) is 18.5. The van der Waals surface area contributed by atoms with Crippen LogP contribution in [-0.2, 0) is 78.9 Å². The number of hydrogen-bond acceptors (Lipinski definition) is 13. The molecule has 19 nitrogen and oxygen atoms in total. The minimum absolute atomic E-state index is 0.00286. The van der Waals surface area contributed by atoms with Crippen LogP contribution in [0.25, 0.3) is 44.6 Å². The largest absolute Gasteiger partial charge is 0.458 e. The van der Waals surface area contributed by atoms with Gasteiger partial charge in [0.2, 0.25) is 5.60 Å². The van der Waals surface area contributed by atoms with Crippen LogP contribution in [0.1, 0.15) is 119 Å². The van der Waals surface area contributed by atoms with E-state index in [4.69, 9.17) is 24.2 Å². The Morgan fingerprint density at radius 1 is 0.609 bits per heavy atom. The highest BCUT2D eigenvalue weighted by Gasteiger charge is 2.50. The first kappa shape index (κ1) is 64.0. The van der Waals surface area contributed by atoms with Gasteiger partial charge in [0.25, 0.3) is 11.1 Å². The predicted octanol–water partition coefficient (Wildman–Crippen LogP) is 10.1. The molecule has 10 rings (SSSR count). The highest BCUT2D eigenvalue weighted by molar-refractivity contribution is 6.77. The van der Waals surface area contributed by atoms with Gasteiger partial charge in [-0.3, -0.25) is 14.4 Å². The van der Waals surface area contributed by atoms with Gasteiger partial charge in [-0.05, 0) is 102 Å². The first-order valence-electron chi connectivity index (χ1n) is 31.2. The second kappa shape index (κ2) is 26.1. The van der Waals surface area contributed by atoms with Crippen LogP contribution in [0.5, 0.6) is 0 Å². The molecule has 0 radical (unpaired) electrons. The Morgan fingerprint density at radius 3 is 1.46 bits per heavy atom. The molecule has 4 aliphatic rings. The van der Waals surface area contributed by atoms with Gasteiger partial charge in [0.1, 0.15) is 13.2 Å². The Morgan fingerprint density at radius 2 is 1.03 bits per heavy atom. The molecule has 0 unspecified atom stereocenters. The normalized spacial score (nSPS) is 17.1. The zero-order valence-electron chi connectivity index (χ0n) is 52.6. The minimum atomic E-state index is -1.84. The molecule has 0 saturated heterocycles. The van der Waals surface area contributed by atoms with Crippen molar-refractivity contribution in [3.05, 3.63) is 126 Å². The molecule has 2 atom stereocenters. The van der Waals surface area contributed by atoms with E-state index < -0.39 is 45.3 Å². The Balaban J connectivity index is 0.000000208.